The number of hydrogen-bond donors (Lipinski definition) is 0. The number of ketones is 1. The van der Waals surface area contributed by atoms with Gasteiger partial charge in [-0.1, -0.05) is 12.2 Å². The first-order valence-electron chi connectivity index (χ1n) is 6.29. The van der Waals surface area contributed by atoms with Crippen LogP contribution in [-0.2, 0) is 4.79 Å². The zero-order chi connectivity index (χ0) is 10.3. The van der Waals surface area contributed by atoms with Gasteiger partial charge in [0.2, 0.25) is 0 Å². The second-order valence-corrected chi connectivity index (χ2v) is 5.18. The van der Waals surface area contributed by atoms with E-state index in [0.717, 1.165) is 24.3 Å². The van der Waals surface area contributed by atoms with E-state index in [2.05, 4.69) is 12.2 Å². The van der Waals surface area contributed by atoms with Crippen LogP contribution in [0.25, 0.3) is 0 Å². The van der Waals surface area contributed by atoms with Crippen molar-refractivity contribution in [2.75, 3.05) is 0 Å². The van der Waals surface area contributed by atoms with Gasteiger partial charge in [0.05, 0.1) is 0 Å². The highest BCUT2D eigenvalue weighted by Gasteiger charge is 2.33. The highest BCUT2D eigenvalue weighted by atomic mass is 16.1. The molecule has 1 fully saturated rings. The summed E-state index contributed by atoms with van der Waals surface area (Å²) in [5.41, 5.74) is 2.63. The fraction of sp³-hybridized carbons (Fsp3) is 0.643. The summed E-state index contributed by atoms with van der Waals surface area (Å²) in [6, 6.07) is 0. The maximum Gasteiger partial charge on any atom is 0.159 e. The Balaban J connectivity index is 1.96. The first-order chi connectivity index (χ1) is 7.34. The second kappa shape index (κ2) is 3.62. The summed E-state index contributed by atoms with van der Waals surface area (Å²) in [5, 5.41) is 0. The molecule has 3 aliphatic carbocycles. The van der Waals surface area contributed by atoms with Crippen LogP contribution in [0.4, 0.5) is 0 Å². The Morgan fingerprint density at radius 2 is 2.00 bits per heavy atom. The van der Waals surface area contributed by atoms with E-state index in [9.17, 15) is 4.79 Å². The zero-order valence-corrected chi connectivity index (χ0v) is 9.17. The van der Waals surface area contributed by atoms with Crippen LogP contribution in [0.5, 0.6) is 0 Å². The summed E-state index contributed by atoms with van der Waals surface area (Å²) in [7, 11) is 0. The lowest BCUT2D eigenvalue weighted by atomic mass is 9.69. The van der Waals surface area contributed by atoms with Crippen LogP contribution in [0.15, 0.2) is 23.3 Å². The Bertz CT molecular complexity index is 348. The monoisotopic (exact) mass is 202 g/mol. The van der Waals surface area contributed by atoms with Crippen LogP contribution in [0.1, 0.15) is 44.9 Å². The van der Waals surface area contributed by atoms with Crippen LogP contribution in [-0.4, -0.2) is 5.78 Å². The minimum atomic E-state index is 0.427. The molecule has 80 valence electrons. The van der Waals surface area contributed by atoms with Crippen LogP contribution >= 0.6 is 0 Å². The minimum Gasteiger partial charge on any atom is -0.295 e. The predicted octanol–water partition coefficient (Wildman–Crippen LogP) is 3.41. The molecule has 1 nitrogen and oxygen atoms in total. The Morgan fingerprint density at radius 1 is 1.13 bits per heavy atom. The summed E-state index contributed by atoms with van der Waals surface area (Å²) in [6.45, 7) is 0. The van der Waals surface area contributed by atoms with Crippen molar-refractivity contribution >= 4 is 5.78 Å². The highest BCUT2D eigenvalue weighted by molar-refractivity contribution is 5.97. The lowest BCUT2D eigenvalue weighted by Gasteiger charge is -2.35. The second-order valence-electron chi connectivity index (χ2n) is 5.18. The SMILES string of the molecule is O=C1CCCC2CC3CCCC=C3C=C12. The van der Waals surface area contributed by atoms with Crippen molar-refractivity contribution in [3.8, 4) is 0 Å². The molecule has 0 radical (unpaired) electrons. The van der Waals surface area contributed by atoms with E-state index in [-0.39, 0.29) is 0 Å². The van der Waals surface area contributed by atoms with Gasteiger partial charge in [-0.3, -0.25) is 4.79 Å². The largest absolute Gasteiger partial charge is 0.295 e. The van der Waals surface area contributed by atoms with Gasteiger partial charge in [0.1, 0.15) is 0 Å². The van der Waals surface area contributed by atoms with E-state index in [1.807, 2.05) is 0 Å². The smallest absolute Gasteiger partial charge is 0.159 e. The molecule has 0 saturated heterocycles. The molecule has 3 rings (SSSR count). The van der Waals surface area contributed by atoms with E-state index in [1.54, 1.807) is 0 Å². The number of carbonyl (C=O) groups is 1. The third kappa shape index (κ3) is 1.58. The Morgan fingerprint density at radius 3 is 2.93 bits per heavy atom. The Hall–Kier alpha value is -0.850. The average Bonchev–Trinajstić information content (AvgIpc) is 2.27. The van der Waals surface area contributed by atoms with Crippen LogP contribution in [0.3, 0.4) is 0 Å². The fourth-order valence-corrected chi connectivity index (χ4v) is 3.40. The summed E-state index contributed by atoms with van der Waals surface area (Å²) in [4.78, 5) is 11.8. The van der Waals surface area contributed by atoms with Gasteiger partial charge in [0, 0.05) is 6.42 Å². The molecular formula is C14H18O. The van der Waals surface area contributed by atoms with Crippen molar-refractivity contribution in [3.05, 3.63) is 23.3 Å². The molecule has 0 heterocycles. The van der Waals surface area contributed by atoms with Crippen molar-refractivity contribution < 1.29 is 4.79 Å². The average molecular weight is 202 g/mol. The van der Waals surface area contributed by atoms with Crippen molar-refractivity contribution in [1.29, 1.82) is 0 Å². The van der Waals surface area contributed by atoms with E-state index in [1.165, 1.54) is 37.7 Å². The van der Waals surface area contributed by atoms with Crippen LogP contribution in [0.2, 0.25) is 0 Å². The highest BCUT2D eigenvalue weighted by Crippen LogP contribution is 2.42. The van der Waals surface area contributed by atoms with Gasteiger partial charge in [-0.2, -0.15) is 0 Å². The Labute approximate surface area is 91.2 Å². The van der Waals surface area contributed by atoms with E-state index >= 15 is 0 Å². The van der Waals surface area contributed by atoms with Gasteiger partial charge in [0.15, 0.2) is 5.78 Å². The van der Waals surface area contributed by atoms with Crippen molar-refractivity contribution in [2.24, 2.45) is 11.8 Å². The summed E-state index contributed by atoms with van der Waals surface area (Å²) >= 11 is 0. The lowest BCUT2D eigenvalue weighted by Crippen LogP contribution is -2.27. The molecule has 0 aromatic carbocycles. The van der Waals surface area contributed by atoms with Crippen molar-refractivity contribution in [3.63, 3.8) is 0 Å². The molecule has 15 heavy (non-hydrogen) atoms. The first-order valence-corrected chi connectivity index (χ1v) is 6.29. The Kier molecular flexibility index (Phi) is 2.27. The van der Waals surface area contributed by atoms with Gasteiger partial charge in [-0.25, -0.2) is 0 Å². The number of fused-ring (bicyclic) bond motifs is 2. The molecule has 1 heteroatoms. The first kappa shape index (κ1) is 9.38. The number of Topliss-reactive ketones (excluding diaryl/α,β-unsaturated/α-hetero) is 1. The summed E-state index contributed by atoms with van der Waals surface area (Å²) in [5.74, 6) is 1.81. The fourth-order valence-electron chi connectivity index (χ4n) is 3.40. The number of allylic oxidation sites excluding steroid dienone is 4. The molecule has 1 saturated carbocycles. The number of hydrogen-bond acceptors (Lipinski definition) is 1. The van der Waals surface area contributed by atoms with Crippen LogP contribution < -0.4 is 0 Å². The quantitative estimate of drug-likeness (QED) is 0.588. The zero-order valence-electron chi connectivity index (χ0n) is 9.17. The molecule has 0 amide bonds. The maximum absolute atomic E-state index is 11.8. The van der Waals surface area contributed by atoms with Gasteiger partial charge in [-0.05, 0) is 61.5 Å². The van der Waals surface area contributed by atoms with Crippen LogP contribution in [0, 0.1) is 11.8 Å². The van der Waals surface area contributed by atoms with Gasteiger partial charge < -0.3 is 0 Å². The molecule has 0 aliphatic heterocycles. The van der Waals surface area contributed by atoms with Crippen molar-refractivity contribution in [2.45, 2.75) is 44.9 Å². The maximum atomic E-state index is 11.8. The third-order valence-corrected chi connectivity index (χ3v) is 4.22. The number of rotatable bonds is 0. The molecule has 0 aromatic heterocycles. The molecule has 0 spiro atoms. The molecule has 2 atom stereocenters. The standard InChI is InChI=1S/C14H18O/c15-14-7-3-6-12-8-10-4-1-2-5-11(10)9-13(12)14/h5,9-10,12H,1-4,6-8H2. The van der Waals surface area contributed by atoms with Gasteiger partial charge >= 0.3 is 0 Å². The molecule has 2 unspecified atom stereocenters. The molecule has 0 bridgehead atoms. The normalized spacial score (nSPS) is 35.1. The molecular weight excluding hydrogens is 184 g/mol. The molecule has 0 aromatic rings. The van der Waals surface area contributed by atoms with Gasteiger partial charge in [0.25, 0.3) is 0 Å². The van der Waals surface area contributed by atoms with Gasteiger partial charge in [-0.15, -0.1) is 0 Å². The minimum absolute atomic E-state index is 0.427. The molecule has 0 N–H and O–H groups in total. The lowest BCUT2D eigenvalue weighted by molar-refractivity contribution is -0.117. The molecule has 3 aliphatic rings. The van der Waals surface area contributed by atoms with E-state index in [4.69, 9.17) is 0 Å². The summed E-state index contributed by atoms with van der Waals surface area (Å²) < 4.78 is 0. The topological polar surface area (TPSA) is 17.1 Å². The third-order valence-electron chi connectivity index (χ3n) is 4.22. The predicted molar refractivity (Wildman–Crippen MR) is 60.5 cm³/mol. The summed E-state index contributed by atoms with van der Waals surface area (Å²) in [6.07, 6.45) is 12.9. The van der Waals surface area contributed by atoms with E-state index in [0.29, 0.717) is 11.7 Å². The van der Waals surface area contributed by atoms with Crippen molar-refractivity contribution in [1.82, 2.24) is 0 Å². The van der Waals surface area contributed by atoms with E-state index < -0.39 is 0 Å². The number of carbonyl (C=O) groups excluding carboxylic acids is 1.